The van der Waals surface area contributed by atoms with Crippen molar-refractivity contribution in [2.24, 2.45) is 5.41 Å². The zero-order valence-electron chi connectivity index (χ0n) is 13.2. The molecular formula is C15H28N4O. The molecule has 5 nitrogen and oxygen atoms in total. The Hall–Kier alpha value is -1.36. The van der Waals surface area contributed by atoms with Gasteiger partial charge in [0.1, 0.15) is 18.0 Å². The van der Waals surface area contributed by atoms with Gasteiger partial charge in [-0.15, -0.1) is 0 Å². The Morgan fingerprint density at radius 2 is 1.80 bits per heavy atom. The van der Waals surface area contributed by atoms with Crippen molar-refractivity contribution >= 4 is 11.6 Å². The highest BCUT2D eigenvalue weighted by atomic mass is 16.3. The van der Waals surface area contributed by atoms with E-state index < -0.39 is 0 Å². The lowest BCUT2D eigenvalue weighted by Crippen LogP contribution is -2.25. The van der Waals surface area contributed by atoms with E-state index in [4.69, 9.17) is 5.11 Å². The molecule has 1 aromatic heterocycles. The monoisotopic (exact) mass is 280 g/mol. The molecule has 0 radical (unpaired) electrons. The summed E-state index contributed by atoms with van der Waals surface area (Å²) in [6.07, 6.45) is 4.37. The molecule has 0 atom stereocenters. The van der Waals surface area contributed by atoms with E-state index in [1.807, 2.05) is 0 Å². The van der Waals surface area contributed by atoms with E-state index >= 15 is 0 Å². The molecule has 0 unspecified atom stereocenters. The first-order valence-corrected chi connectivity index (χ1v) is 7.46. The topological polar surface area (TPSA) is 70.1 Å². The van der Waals surface area contributed by atoms with E-state index in [1.165, 1.54) is 0 Å². The molecule has 3 N–H and O–H groups in total. The molecule has 0 amide bonds. The summed E-state index contributed by atoms with van der Waals surface area (Å²) >= 11 is 0. The Labute approximate surface area is 122 Å². The van der Waals surface area contributed by atoms with Gasteiger partial charge in [-0.25, -0.2) is 9.97 Å². The molecule has 0 aromatic carbocycles. The number of aliphatic hydroxyl groups is 1. The number of aromatic nitrogens is 2. The zero-order valence-corrected chi connectivity index (χ0v) is 13.2. The summed E-state index contributed by atoms with van der Waals surface area (Å²) in [6, 6.07) is 0. The number of anilines is 2. The van der Waals surface area contributed by atoms with Crippen LogP contribution in [0, 0.1) is 5.41 Å². The molecule has 0 bridgehead atoms. The van der Waals surface area contributed by atoms with Crippen molar-refractivity contribution < 1.29 is 5.11 Å². The molecular weight excluding hydrogens is 252 g/mol. The summed E-state index contributed by atoms with van der Waals surface area (Å²) in [5.74, 6) is 1.83. The molecule has 20 heavy (non-hydrogen) atoms. The molecule has 1 heterocycles. The smallest absolute Gasteiger partial charge is 0.134 e. The third-order valence-electron chi connectivity index (χ3n) is 3.31. The number of rotatable bonds is 9. The van der Waals surface area contributed by atoms with Gasteiger partial charge >= 0.3 is 0 Å². The third-order valence-corrected chi connectivity index (χ3v) is 3.31. The van der Waals surface area contributed by atoms with Crippen molar-refractivity contribution in [1.29, 1.82) is 0 Å². The summed E-state index contributed by atoms with van der Waals surface area (Å²) < 4.78 is 0. The second-order valence-electron chi connectivity index (χ2n) is 5.82. The highest BCUT2D eigenvalue weighted by Gasteiger charge is 2.18. The van der Waals surface area contributed by atoms with Crippen molar-refractivity contribution in [3.8, 4) is 0 Å². The average molecular weight is 280 g/mol. The molecule has 0 saturated carbocycles. The minimum atomic E-state index is 0.0432. The van der Waals surface area contributed by atoms with Gasteiger partial charge in [-0.05, 0) is 25.2 Å². The third kappa shape index (κ3) is 4.96. The fraction of sp³-hybridized carbons (Fsp3) is 0.733. The fourth-order valence-electron chi connectivity index (χ4n) is 2.09. The lowest BCUT2D eigenvalue weighted by Gasteiger charge is -2.25. The molecule has 0 aliphatic rings. The molecule has 0 fully saturated rings. The average Bonchev–Trinajstić information content (AvgIpc) is 2.39. The number of aliphatic hydroxyl groups excluding tert-OH is 1. The van der Waals surface area contributed by atoms with Gasteiger partial charge < -0.3 is 15.7 Å². The van der Waals surface area contributed by atoms with Gasteiger partial charge in [0.15, 0.2) is 0 Å². The van der Waals surface area contributed by atoms with Crippen LogP contribution in [-0.2, 0) is 6.42 Å². The van der Waals surface area contributed by atoms with Crippen LogP contribution in [0.3, 0.4) is 0 Å². The summed E-state index contributed by atoms with van der Waals surface area (Å²) in [7, 11) is 0. The maximum absolute atomic E-state index is 9.09. The van der Waals surface area contributed by atoms with Crippen LogP contribution < -0.4 is 10.6 Å². The van der Waals surface area contributed by atoms with Crippen molar-refractivity contribution in [3.05, 3.63) is 11.9 Å². The Morgan fingerprint density at radius 1 is 1.15 bits per heavy atom. The summed E-state index contributed by atoms with van der Waals surface area (Å²) in [5, 5.41) is 15.8. The number of nitrogens with zero attached hydrogens (tertiary/aromatic N) is 2. The minimum Gasteiger partial charge on any atom is -0.396 e. The molecule has 1 aromatic rings. The SMILES string of the molecule is CCCc1c(NCC)ncnc1NCC(C)(C)CCO. The number of hydrogen-bond donors (Lipinski definition) is 3. The van der Waals surface area contributed by atoms with Gasteiger partial charge in [0.05, 0.1) is 0 Å². The largest absolute Gasteiger partial charge is 0.396 e. The van der Waals surface area contributed by atoms with E-state index in [2.05, 4.69) is 48.3 Å². The van der Waals surface area contributed by atoms with Gasteiger partial charge in [0.2, 0.25) is 0 Å². The highest BCUT2D eigenvalue weighted by molar-refractivity contribution is 5.57. The van der Waals surface area contributed by atoms with Crippen LogP contribution in [0.2, 0.25) is 0 Å². The maximum atomic E-state index is 9.09. The predicted molar refractivity (Wildman–Crippen MR) is 84.2 cm³/mol. The van der Waals surface area contributed by atoms with Gasteiger partial charge in [-0.3, -0.25) is 0 Å². The second kappa shape index (κ2) is 8.04. The molecule has 114 valence electrons. The Kier molecular flexibility index (Phi) is 6.71. The zero-order chi connectivity index (χ0) is 15.0. The normalized spacial score (nSPS) is 11.4. The van der Waals surface area contributed by atoms with Crippen LogP contribution in [-0.4, -0.2) is 34.8 Å². The Balaban J connectivity index is 2.85. The van der Waals surface area contributed by atoms with Crippen LogP contribution in [0.25, 0.3) is 0 Å². The summed E-state index contributed by atoms with van der Waals surface area (Å²) in [6.45, 7) is 10.3. The van der Waals surface area contributed by atoms with Gasteiger partial charge in [-0.1, -0.05) is 27.2 Å². The van der Waals surface area contributed by atoms with Crippen LogP contribution in [0.15, 0.2) is 6.33 Å². The van der Waals surface area contributed by atoms with Gasteiger partial charge in [0.25, 0.3) is 0 Å². The van der Waals surface area contributed by atoms with Crippen molar-refractivity contribution in [2.75, 3.05) is 30.3 Å². The van der Waals surface area contributed by atoms with Crippen LogP contribution in [0.4, 0.5) is 11.6 Å². The first-order valence-electron chi connectivity index (χ1n) is 7.46. The summed E-state index contributed by atoms with van der Waals surface area (Å²) in [4.78, 5) is 8.70. The van der Waals surface area contributed by atoms with Crippen molar-refractivity contribution in [2.45, 2.75) is 47.0 Å². The van der Waals surface area contributed by atoms with Crippen molar-refractivity contribution in [1.82, 2.24) is 9.97 Å². The Bertz CT molecular complexity index is 407. The van der Waals surface area contributed by atoms with E-state index in [0.717, 1.165) is 49.6 Å². The first-order chi connectivity index (χ1) is 9.54. The lowest BCUT2D eigenvalue weighted by molar-refractivity contribution is 0.220. The predicted octanol–water partition coefficient (Wildman–Crippen LogP) is 2.68. The van der Waals surface area contributed by atoms with Gasteiger partial charge in [-0.2, -0.15) is 0 Å². The van der Waals surface area contributed by atoms with Crippen molar-refractivity contribution in [3.63, 3.8) is 0 Å². The molecule has 0 saturated heterocycles. The quantitative estimate of drug-likeness (QED) is 0.649. The van der Waals surface area contributed by atoms with E-state index in [1.54, 1.807) is 6.33 Å². The summed E-state index contributed by atoms with van der Waals surface area (Å²) in [5.41, 5.74) is 1.19. The molecule has 0 aliphatic carbocycles. The van der Waals surface area contributed by atoms with E-state index in [-0.39, 0.29) is 12.0 Å². The van der Waals surface area contributed by atoms with Crippen LogP contribution in [0.1, 0.15) is 46.1 Å². The molecule has 0 spiro atoms. The maximum Gasteiger partial charge on any atom is 0.134 e. The number of hydrogen-bond acceptors (Lipinski definition) is 5. The van der Waals surface area contributed by atoms with Crippen LogP contribution in [0.5, 0.6) is 0 Å². The minimum absolute atomic E-state index is 0.0432. The standard InChI is InChI=1S/C15H28N4O/c1-5-7-12-13(16-6-2)18-11-19-14(12)17-10-15(3,4)8-9-20/h11,20H,5-10H2,1-4H3,(H2,16,17,18,19). The Morgan fingerprint density at radius 3 is 2.35 bits per heavy atom. The van der Waals surface area contributed by atoms with Gasteiger partial charge in [0, 0.05) is 25.3 Å². The van der Waals surface area contributed by atoms with E-state index in [9.17, 15) is 0 Å². The number of nitrogens with one attached hydrogen (secondary N) is 2. The lowest BCUT2D eigenvalue weighted by atomic mass is 9.90. The molecule has 0 aliphatic heterocycles. The molecule has 5 heteroatoms. The second-order valence-corrected chi connectivity index (χ2v) is 5.82. The molecule has 1 rings (SSSR count). The fourth-order valence-corrected chi connectivity index (χ4v) is 2.09. The first kappa shape index (κ1) is 16.7. The van der Waals surface area contributed by atoms with E-state index in [0.29, 0.717) is 0 Å². The van der Waals surface area contributed by atoms with Crippen LogP contribution >= 0.6 is 0 Å². The highest BCUT2D eigenvalue weighted by Crippen LogP contribution is 2.25.